The van der Waals surface area contributed by atoms with Crippen LogP contribution in [0.2, 0.25) is 5.02 Å². The third-order valence-corrected chi connectivity index (χ3v) is 15.2. The number of primary amides is 2. The molecule has 0 aliphatic carbocycles. The predicted octanol–water partition coefficient (Wildman–Crippen LogP) is -0.768. The Bertz CT molecular complexity index is 2760. The molecule has 0 spiro atoms. The zero-order valence-electron chi connectivity index (χ0n) is 43.0. The van der Waals surface area contributed by atoms with Crippen LogP contribution in [0.5, 0.6) is 11.5 Å². The van der Waals surface area contributed by atoms with E-state index in [0.29, 0.717) is 33.7 Å². The van der Waals surface area contributed by atoms with Gasteiger partial charge in [0.15, 0.2) is 0 Å². The lowest BCUT2D eigenvalue weighted by Crippen LogP contribution is -2.62. The van der Waals surface area contributed by atoms with Crippen LogP contribution < -0.4 is 60.2 Å². The number of halogens is 1. The Kier molecular flexibility index (Phi) is 24.2. The Balaban J connectivity index is 1.57. The van der Waals surface area contributed by atoms with E-state index in [1.807, 2.05) is 0 Å². The summed E-state index contributed by atoms with van der Waals surface area (Å²) >= 11 is 6.07. The van der Waals surface area contributed by atoms with Crippen LogP contribution in [-0.4, -0.2) is 141 Å². The Morgan fingerprint density at radius 1 is 0.646 bits per heavy atom. The molecule has 0 saturated carbocycles. The molecule has 1 aliphatic heterocycles. The summed E-state index contributed by atoms with van der Waals surface area (Å²) in [5.41, 5.74) is 25.5. The lowest BCUT2D eigenvalue weighted by atomic mass is 10.00. The van der Waals surface area contributed by atoms with Crippen LogP contribution >= 0.6 is 33.2 Å². The fourth-order valence-corrected chi connectivity index (χ4v) is 10.5. The fraction of sp³-hybridized carbons (Fsp3) is 0.377. The molecule has 23 nitrogen and oxygen atoms in total. The van der Waals surface area contributed by atoms with Gasteiger partial charge in [-0.05, 0) is 110 Å². The van der Waals surface area contributed by atoms with Gasteiger partial charge in [-0.3, -0.25) is 43.2 Å². The molecule has 1 fully saturated rings. The predicted molar refractivity (Wildman–Crippen MR) is 298 cm³/mol. The number of aliphatic hydroxyl groups excluding tert-OH is 1. The zero-order chi connectivity index (χ0) is 57.8. The van der Waals surface area contributed by atoms with Gasteiger partial charge in [0.2, 0.25) is 53.2 Å². The number of amides is 9. The van der Waals surface area contributed by atoms with Crippen LogP contribution in [0.3, 0.4) is 0 Å². The molecule has 9 amide bonds. The van der Waals surface area contributed by atoms with Gasteiger partial charge in [0.05, 0.1) is 12.1 Å². The van der Waals surface area contributed by atoms with Crippen LogP contribution in [0, 0.1) is 0 Å². The van der Waals surface area contributed by atoms with Gasteiger partial charge in [-0.25, -0.2) is 0 Å². The second kappa shape index (κ2) is 30.7. The first-order valence-electron chi connectivity index (χ1n) is 25.1. The number of aliphatic hydroxyl groups is 1. The summed E-state index contributed by atoms with van der Waals surface area (Å²) in [7, 11) is 1.90. The minimum absolute atomic E-state index is 0.0249. The van der Waals surface area contributed by atoms with Gasteiger partial charge < -0.3 is 75.5 Å². The van der Waals surface area contributed by atoms with E-state index in [-0.39, 0.29) is 73.6 Å². The number of nitrogens with one attached hydrogen (secondary N) is 7. The number of unbranched alkanes of at least 4 members (excludes halogenated alkanes) is 1. The number of hydrogen-bond acceptors (Lipinski definition) is 16. The van der Waals surface area contributed by atoms with Crippen LogP contribution in [0.25, 0.3) is 0 Å². The molecular weight excluding hydrogens is 1080 g/mol. The van der Waals surface area contributed by atoms with Gasteiger partial charge >= 0.3 is 0 Å². The first-order chi connectivity index (χ1) is 37.6. The van der Waals surface area contributed by atoms with Crippen molar-refractivity contribution in [2.45, 2.75) is 106 Å². The Labute approximate surface area is 468 Å². The van der Waals surface area contributed by atoms with E-state index in [9.17, 15) is 58.5 Å². The molecule has 26 heteroatoms. The SMILES string of the molecule is CC(O)C1NC(=O)[C@H](CCCCN)NC(=O)[C@@H](Cc2ccc(C(N)=O)cc2)NC(=O)[C@H](Cc2ccc(O)cc2)NC(=O)[C@H](NC(=O)[C@@H](N)Cc2ccc(Cl)cc2)CSSC[C@@H](C(=O)N[C@H](Cc2ccc(O)cc2)C(N)=O)NC1=O. The molecule has 424 valence electrons. The second-order valence-corrected chi connectivity index (χ2v) is 21.8. The maximum absolute atomic E-state index is 14.7. The lowest BCUT2D eigenvalue weighted by Gasteiger charge is -2.29. The summed E-state index contributed by atoms with van der Waals surface area (Å²) in [5, 5.41) is 49.7. The van der Waals surface area contributed by atoms with Crippen molar-refractivity contribution in [3.8, 4) is 11.5 Å². The Morgan fingerprint density at radius 3 is 1.68 bits per heavy atom. The van der Waals surface area contributed by atoms with E-state index in [2.05, 4.69) is 37.2 Å². The van der Waals surface area contributed by atoms with Gasteiger partial charge in [0.25, 0.3) is 0 Å². The lowest BCUT2D eigenvalue weighted by molar-refractivity contribution is -0.136. The van der Waals surface area contributed by atoms with Gasteiger partial charge in [0, 0.05) is 41.4 Å². The third kappa shape index (κ3) is 20.1. The highest BCUT2D eigenvalue weighted by atomic mass is 35.5. The van der Waals surface area contributed by atoms with Crippen molar-refractivity contribution in [3.05, 3.63) is 130 Å². The van der Waals surface area contributed by atoms with Crippen LogP contribution in [-0.2, 0) is 64.0 Å². The van der Waals surface area contributed by atoms with Crippen molar-refractivity contribution in [2.24, 2.45) is 22.9 Å². The highest BCUT2D eigenvalue weighted by Gasteiger charge is 2.36. The topological polar surface area (TPSA) is 403 Å². The van der Waals surface area contributed by atoms with Crippen molar-refractivity contribution < 1.29 is 58.5 Å². The summed E-state index contributed by atoms with van der Waals surface area (Å²) in [5.74, 6) is -8.79. The van der Waals surface area contributed by atoms with E-state index in [1.54, 1.807) is 24.3 Å². The van der Waals surface area contributed by atoms with Crippen molar-refractivity contribution in [2.75, 3.05) is 18.1 Å². The average Bonchev–Trinajstić information content (AvgIpc) is 3.41. The summed E-state index contributed by atoms with van der Waals surface area (Å²) in [4.78, 5) is 125. The quantitative estimate of drug-likeness (QED) is 0.0405. The largest absolute Gasteiger partial charge is 0.508 e. The number of rotatable bonds is 19. The van der Waals surface area contributed by atoms with Gasteiger partial charge in [-0.15, -0.1) is 0 Å². The normalized spacial score (nSPS) is 21.1. The van der Waals surface area contributed by atoms with Crippen LogP contribution in [0.4, 0.5) is 0 Å². The number of phenols is 2. The number of carbonyl (C=O) groups is 9. The molecule has 1 heterocycles. The summed E-state index contributed by atoms with van der Waals surface area (Å²) in [6.07, 6.45) is -1.57. The molecule has 0 aromatic heterocycles. The highest BCUT2D eigenvalue weighted by molar-refractivity contribution is 8.76. The summed E-state index contributed by atoms with van der Waals surface area (Å²) in [6, 6.07) is 12.2. The molecule has 1 saturated heterocycles. The molecule has 9 atom stereocenters. The molecule has 0 bridgehead atoms. The second-order valence-electron chi connectivity index (χ2n) is 18.8. The first-order valence-corrected chi connectivity index (χ1v) is 28.0. The first kappa shape index (κ1) is 62.4. The molecule has 4 aromatic carbocycles. The monoisotopic (exact) mass is 1150 g/mol. The smallest absolute Gasteiger partial charge is 0.248 e. The van der Waals surface area contributed by atoms with Crippen LogP contribution in [0.15, 0.2) is 97.1 Å². The average molecular weight is 1150 g/mol. The number of carbonyl (C=O) groups excluding carboxylic acids is 9. The fourth-order valence-electron chi connectivity index (χ4n) is 8.03. The molecule has 1 aliphatic rings. The van der Waals surface area contributed by atoms with E-state index in [0.717, 1.165) is 21.6 Å². The maximum atomic E-state index is 14.7. The van der Waals surface area contributed by atoms with E-state index >= 15 is 0 Å². The molecule has 5 rings (SSSR count). The van der Waals surface area contributed by atoms with E-state index < -0.39 is 108 Å². The number of nitrogens with two attached hydrogens (primary N) is 4. The maximum Gasteiger partial charge on any atom is 0.248 e. The number of benzene rings is 4. The van der Waals surface area contributed by atoms with Gasteiger partial charge in [0.1, 0.15) is 53.8 Å². The molecular formula is C53H66ClN11O12S2. The third-order valence-electron chi connectivity index (χ3n) is 12.5. The van der Waals surface area contributed by atoms with Gasteiger partial charge in [-0.2, -0.15) is 0 Å². The number of phenolic OH excluding ortho intramolecular Hbond substituents is 2. The number of aromatic hydroxyl groups is 2. The highest BCUT2D eigenvalue weighted by Crippen LogP contribution is 2.24. The number of hydrogen-bond donors (Lipinski definition) is 14. The molecule has 18 N–H and O–H groups in total. The van der Waals surface area contributed by atoms with E-state index in [4.69, 9.17) is 34.5 Å². The van der Waals surface area contributed by atoms with Crippen molar-refractivity contribution in [3.63, 3.8) is 0 Å². The minimum atomic E-state index is -1.76. The molecule has 2 unspecified atom stereocenters. The van der Waals surface area contributed by atoms with Crippen molar-refractivity contribution >= 4 is 86.4 Å². The summed E-state index contributed by atoms with van der Waals surface area (Å²) in [6.45, 7) is 1.41. The molecule has 0 radical (unpaired) electrons. The van der Waals surface area contributed by atoms with Crippen molar-refractivity contribution in [1.82, 2.24) is 37.2 Å². The summed E-state index contributed by atoms with van der Waals surface area (Å²) < 4.78 is 0. The Morgan fingerprint density at radius 2 is 1.14 bits per heavy atom. The minimum Gasteiger partial charge on any atom is -0.508 e. The van der Waals surface area contributed by atoms with Gasteiger partial charge in [-0.1, -0.05) is 81.7 Å². The van der Waals surface area contributed by atoms with Crippen molar-refractivity contribution in [1.29, 1.82) is 0 Å². The molecule has 4 aromatic rings. The van der Waals surface area contributed by atoms with Crippen LogP contribution in [0.1, 0.15) is 58.8 Å². The Hall–Kier alpha value is -7.42. The zero-order valence-corrected chi connectivity index (χ0v) is 45.4. The standard InChI is InChI=1S/C53H66ClN11O12S2/c1-28(66)44-53(77)64-43(51(75)60-39(46(58)70)23-31-9-17-35(67)18-10-31)27-79-78-26-42(63-47(71)37(56)22-29-7-15-34(54)16-8-29)52(76)62-41(25-32-11-19-36(68)20-12-32)50(74)61-40(24-30-5-13-33(14-6-30)45(57)69)49(73)59-38(48(72)65-44)4-2-3-21-55/h5-20,28,37-44,66-68H,2-4,21-27,55-56H2,1H3,(H2,57,69)(H2,58,70)(H,59,73)(H,60,75)(H,61,74)(H,62,76)(H,63,71)(H,64,77)(H,65,72)/t28?,37-,38-,39+,40+,41-,42+,43-,44?/m0/s1. The molecule has 79 heavy (non-hydrogen) atoms. The van der Waals surface area contributed by atoms with E-state index in [1.165, 1.54) is 79.7 Å².